The first-order valence-corrected chi connectivity index (χ1v) is 28.4. The van der Waals surface area contributed by atoms with Gasteiger partial charge in [-0.15, -0.1) is 21.5 Å². The van der Waals surface area contributed by atoms with E-state index in [0.717, 1.165) is 110 Å². The molecule has 2 aromatic carbocycles. The Hall–Kier alpha value is -5.40. The van der Waals surface area contributed by atoms with Gasteiger partial charge in [0.15, 0.2) is 5.82 Å². The molecule has 2 saturated heterocycles. The average Bonchev–Trinajstić information content (AvgIpc) is 4.13. The van der Waals surface area contributed by atoms with Gasteiger partial charge < -0.3 is 39.4 Å². The maximum Gasteiger partial charge on any atom is 0.410 e. The van der Waals surface area contributed by atoms with Crippen LogP contribution in [0.15, 0.2) is 53.5 Å². The molecule has 8 rings (SSSR count). The minimum Gasteiger partial charge on any atom is -0.491 e. The normalized spacial score (nSPS) is 19.6. The van der Waals surface area contributed by atoms with E-state index in [1.165, 1.54) is 15.3 Å². The minimum atomic E-state index is -0.794. The number of thiophene rings is 1. The van der Waals surface area contributed by atoms with Gasteiger partial charge in [-0.05, 0) is 134 Å². The summed E-state index contributed by atoms with van der Waals surface area (Å²) in [7, 11) is 1.57. The molecular weight excluding hydrogens is 1010 g/mol. The average molecular weight is 1080 g/mol. The molecule has 4 aliphatic rings. The number of nitrogens with zero attached hydrogens (tertiary/aromatic N) is 7. The molecule has 76 heavy (non-hydrogen) atoms. The molecule has 4 aromatic rings. The number of hydrogen-bond acceptors (Lipinski definition) is 13. The van der Waals surface area contributed by atoms with Gasteiger partial charge in [0.2, 0.25) is 17.7 Å². The first kappa shape index (κ1) is 56.8. The number of ether oxygens (including phenoxy) is 4. The Morgan fingerprint density at radius 1 is 0.882 bits per heavy atom. The van der Waals surface area contributed by atoms with Gasteiger partial charge in [-0.1, -0.05) is 55.1 Å². The number of halogens is 1. The van der Waals surface area contributed by atoms with E-state index in [2.05, 4.69) is 56.6 Å². The van der Waals surface area contributed by atoms with E-state index >= 15 is 0 Å². The molecule has 2 N–H and O–H groups in total. The van der Waals surface area contributed by atoms with E-state index in [1.54, 1.807) is 46.1 Å². The molecule has 4 amide bonds. The van der Waals surface area contributed by atoms with Gasteiger partial charge in [-0.25, -0.2) is 4.79 Å². The molecule has 19 heteroatoms. The van der Waals surface area contributed by atoms with Crippen molar-refractivity contribution in [1.82, 2.24) is 40.1 Å². The molecule has 1 aliphatic carbocycles. The fourth-order valence-corrected chi connectivity index (χ4v) is 12.2. The topological polar surface area (TPSA) is 182 Å². The van der Waals surface area contributed by atoms with E-state index in [9.17, 15) is 19.2 Å². The molecule has 412 valence electrons. The second-order valence-corrected chi connectivity index (χ2v) is 23.5. The van der Waals surface area contributed by atoms with Crippen molar-refractivity contribution < 1.29 is 38.1 Å². The number of fused-ring (bicyclic) bond motifs is 4. The Kier molecular flexibility index (Phi) is 19.3. The summed E-state index contributed by atoms with van der Waals surface area (Å²) in [4.78, 5) is 66.6. The number of amides is 4. The third-order valence-electron chi connectivity index (χ3n) is 15.4. The Morgan fingerprint density at radius 3 is 2.30 bits per heavy atom. The van der Waals surface area contributed by atoms with Gasteiger partial charge in [0.25, 0.3) is 0 Å². The lowest BCUT2D eigenvalue weighted by Gasteiger charge is -2.41. The Morgan fingerprint density at radius 2 is 1.58 bits per heavy atom. The lowest BCUT2D eigenvalue weighted by molar-refractivity contribution is -0.141. The van der Waals surface area contributed by atoms with Crippen LogP contribution in [0.3, 0.4) is 0 Å². The number of likely N-dealkylation sites (N-methyl/N-ethyl adjacent to an activating group) is 1. The summed E-state index contributed by atoms with van der Waals surface area (Å²) in [5, 5.41) is 16.7. The fraction of sp³-hybridized carbons (Fsp3) is 0.596. The molecule has 2 unspecified atom stereocenters. The van der Waals surface area contributed by atoms with Crippen molar-refractivity contribution in [3.63, 3.8) is 0 Å². The van der Waals surface area contributed by atoms with Gasteiger partial charge in [0, 0.05) is 60.3 Å². The summed E-state index contributed by atoms with van der Waals surface area (Å²) < 4.78 is 25.0. The minimum absolute atomic E-state index is 0.0170. The number of piperidine rings is 1. The quantitative estimate of drug-likeness (QED) is 0.0768. The van der Waals surface area contributed by atoms with E-state index in [4.69, 9.17) is 35.5 Å². The lowest BCUT2D eigenvalue weighted by atomic mass is 9.83. The Labute approximate surface area is 457 Å². The number of likely N-dealkylation sites (tertiary alicyclic amines) is 2. The number of aryl methyl sites for hydroxylation is 2. The summed E-state index contributed by atoms with van der Waals surface area (Å²) in [6.07, 6.45) is 7.46. The van der Waals surface area contributed by atoms with Crippen LogP contribution in [0.4, 0.5) is 4.79 Å². The van der Waals surface area contributed by atoms with E-state index in [1.807, 2.05) is 47.9 Å². The number of aromatic nitrogens is 3. The van der Waals surface area contributed by atoms with Crippen LogP contribution in [0.2, 0.25) is 5.02 Å². The number of aliphatic imine (C=N–C) groups is 1. The standard InChI is InChI=1S/C57H78ClN9O8S/c1-36-38(3)76-55-49(36)50(43-16-18-44(58)19-17-43)60-46(52-63-62-39(4)67(52)55)34-48(68)59-25-29-72-30-31-73-32-33-74-45-20-14-40(15-21-45)22-26-65-27-23-41-24-28-66(47(41)35-65)54(70)51(42-12-10-9-11-13-42)61-53(69)37(2)64(8)56(71)75-57(5,6)7/h14-21,37,41-42,46-47,51H,9-13,22-35H2,1-8H3,(H,59,68)(H,61,69)/t37-,41?,46-,47?,51-/m0/s1. The number of carbonyl (C=O) groups excluding carboxylic acids is 4. The number of carbonyl (C=O) groups is 4. The molecule has 0 bridgehead atoms. The zero-order valence-electron chi connectivity index (χ0n) is 45.7. The first-order valence-electron chi connectivity index (χ1n) is 27.2. The third-order valence-corrected chi connectivity index (χ3v) is 16.8. The number of rotatable bonds is 21. The second kappa shape index (κ2) is 25.8. The maximum absolute atomic E-state index is 14.6. The molecule has 17 nitrogen and oxygen atoms in total. The highest BCUT2D eigenvalue weighted by molar-refractivity contribution is 7.15. The molecular formula is C57H78ClN9O8S. The summed E-state index contributed by atoms with van der Waals surface area (Å²) in [5.74, 6) is 2.19. The van der Waals surface area contributed by atoms with Crippen molar-refractivity contribution >= 4 is 52.5 Å². The zero-order valence-corrected chi connectivity index (χ0v) is 47.3. The summed E-state index contributed by atoms with van der Waals surface area (Å²) >= 11 is 7.93. The summed E-state index contributed by atoms with van der Waals surface area (Å²) in [6.45, 7) is 18.9. The second-order valence-electron chi connectivity index (χ2n) is 21.8. The highest BCUT2D eigenvalue weighted by Crippen LogP contribution is 2.40. The van der Waals surface area contributed by atoms with Gasteiger partial charge in [-0.3, -0.25) is 28.8 Å². The number of hydrogen-bond donors (Lipinski definition) is 2. The van der Waals surface area contributed by atoms with Crippen molar-refractivity contribution in [2.24, 2.45) is 16.8 Å². The predicted octanol–water partition coefficient (Wildman–Crippen LogP) is 8.20. The van der Waals surface area contributed by atoms with Crippen molar-refractivity contribution in [3.05, 3.63) is 92.3 Å². The van der Waals surface area contributed by atoms with Crippen LogP contribution >= 0.6 is 22.9 Å². The molecule has 0 spiro atoms. The van der Waals surface area contributed by atoms with Crippen LogP contribution in [0.25, 0.3) is 5.00 Å². The molecule has 3 aliphatic heterocycles. The monoisotopic (exact) mass is 1080 g/mol. The van der Waals surface area contributed by atoms with Gasteiger partial charge in [0.05, 0.1) is 38.6 Å². The molecule has 1 saturated carbocycles. The smallest absolute Gasteiger partial charge is 0.410 e. The van der Waals surface area contributed by atoms with Crippen LogP contribution < -0.4 is 15.4 Å². The molecule has 3 fully saturated rings. The highest BCUT2D eigenvalue weighted by atomic mass is 35.5. The van der Waals surface area contributed by atoms with Crippen molar-refractivity contribution in [2.45, 2.75) is 136 Å². The highest BCUT2D eigenvalue weighted by Gasteiger charge is 2.45. The van der Waals surface area contributed by atoms with Crippen molar-refractivity contribution in [3.8, 4) is 10.8 Å². The van der Waals surface area contributed by atoms with Gasteiger partial charge >= 0.3 is 6.09 Å². The molecule has 0 radical (unpaired) electrons. The first-order chi connectivity index (χ1) is 36.4. The van der Waals surface area contributed by atoms with Crippen LogP contribution in [-0.4, -0.2) is 156 Å². The van der Waals surface area contributed by atoms with E-state index < -0.39 is 29.8 Å². The van der Waals surface area contributed by atoms with E-state index in [-0.39, 0.29) is 36.1 Å². The van der Waals surface area contributed by atoms with Crippen LogP contribution in [-0.2, 0) is 35.0 Å². The number of nitrogens with one attached hydrogen (secondary N) is 2. The van der Waals surface area contributed by atoms with Crippen LogP contribution in [0, 0.1) is 32.6 Å². The summed E-state index contributed by atoms with van der Waals surface area (Å²) in [5.41, 5.74) is 4.41. The molecule has 5 heterocycles. The Bertz CT molecular complexity index is 2660. The SMILES string of the molecule is Cc1sc2c(c1C)C(c1ccc(Cl)cc1)=N[C@@H](CC(=O)NCCOCCOCCOc1ccc(CCN3CCC4CCN(C(=O)[C@@H](NC(=O)[C@H](C)N(C)C(=O)OC(C)(C)C)C5CCCCC5)C4C3)cc1)c1nnc(C)n1-2. The molecule has 5 atom stereocenters. The van der Waals surface area contributed by atoms with E-state index in [0.29, 0.717) is 62.9 Å². The number of benzene rings is 2. The van der Waals surface area contributed by atoms with Crippen LogP contribution in [0.1, 0.15) is 124 Å². The predicted molar refractivity (Wildman–Crippen MR) is 295 cm³/mol. The van der Waals surface area contributed by atoms with Crippen LogP contribution in [0.5, 0.6) is 5.75 Å². The Balaban J connectivity index is 0.723. The fourth-order valence-electron chi connectivity index (χ4n) is 10.9. The largest absolute Gasteiger partial charge is 0.491 e. The molecule has 2 aromatic heterocycles. The van der Waals surface area contributed by atoms with Crippen molar-refractivity contribution in [1.29, 1.82) is 0 Å². The van der Waals surface area contributed by atoms with Gasteiger partial charge in [-0.2, -0.15) is 0 Å². The third kappa shape index (κ3) is 14.2. The maximum atomic E-state index is 14.6. The zero-order chi connectivity index (χ0) is 54.1. The van der Waals surface area contributed by atoms with Crippen molar-refractivity contribution in [2.75, 3.05) is 72.8 Å². The lowest BCUT2D eigenvalue weighted by Crippen LogP contribution is -2.59. The summed E-state index contributed by atoms with van der Waals surface area (Å²) in [6, 6.07) is 14.0. The van der Waals surface area contributed by atoms with Gasteiger partial charge in [0.1, 0.15) is 46.9 Å².